The molecule has 4 rings (SSSR count). The van der Waals surface area contributed by atoms with Crippen molar-refractivity contribution in [3.8, 4) is 5.75 Å². The number of aliphatic hydroxyl groups is 1. The lowest BCUT2D eigenvalue weighted by atomic mass is 9.97. The van der Waals surface area contributed by atoms with Crippen LogP contribution in [0.2, 0.25) is 0 Å². The zero-order valence-corrected chi connectivity index (χ0v) is 40.7. The summed E-state index contributed by atoms with van der Waals surface area (Å²) in [4.78, 5) is 126. The van der Waals surface area contributed by atoms with Gasteiger partial charge in [0.1, 0.15) is 48.0 Å². The highest BCUT2D eigenvalue weighted by Crippen LogP contribution is 2.23. The van der Waals surface area contributed by atoms with Gasteiger partial charge in [0, 0.05) is 42.9 Å². The van der Waals surface area contributed by atoms with Crippen LogP contribution in [0.4, 0.5) is 0 Å². The molecule has 1 aliphatic rings. The van der Waals surface area contributed by atoms with Gasteiger partial charge in [-0.05, 0) is 81.2 Å². The summed E-state index contributed by atoms with van der Waals surface area (Å²) in [6.07, 6.45) is -0.137. The van der Waals surface area contributed by atoms with Crippen LogP contribution >= 0.6 is 0 Å². The van der Waals surface area contributed by atoms with E-state index in [1.54, 1.807) is 64.2 Å². The highest BCUT2D eigenvalue weighted by molar-refractivity contribution is 5.99. The first-order valence-electron chi connectivity index (χ1n) is 23.3. The minimum absolute atomic E-state index is 0.0407. The molecule has 1 fully saturated rings. The molecule has 15 N–H and O–H groups in total. The summed E-state index contributed by atoms with van der Waals surface area (Å²) in [6, 6.07) is 3.96. The Morgan fingerprint density at radius 3 is 1.89 bits per heavy atom. The number of primary amides is 2. The second-order valence-electron chi connectivity index (χ2n) is 19.1. The second-order valence-corrected chi connectivity index (χ2v) is 19.1. The first-order valence-corrected chi connectivity index (χ1v) is 23.3. The Morgan fingerprint density at radius 2 is 1.30 bits per heavy atom. The van der Waals surface area contributed by atoms with Gasteiger partial charge >= 0.3 is 0 Å². The minimum atomic E-state index is -1.67. The van der Waals surface area contributed by atoms with E-state index in [9.17, 15) is 53.4 Å². The average Bonchev–Trinajstić information content (AvgIpc) is 3.94. The van der Waals surface area contributed by atoms with Crippen LogP contribution in [0.5, 0.6) is 5.75 Å². The molecule has 1 saturated heterocycles. The fourth-order valence-corrected chi connectivity index (χ4v) is 7.96. The fraction of sp³-hybridized carbons (Fsp3) is 0.521. The summed E-state index contributed by atoms with van der Waals surface area (Å²) in [5.74, 6) is -7.98. The number of carbonyl (C=O) groups excluding carboxylic acids is 9. The second kappa shape index (κ2) is 24.5. The van der Waals surface area contributed by atoms with Crippen molar-refractivity contribution in [1.29, 1.82) is 0 Å². The molecule has 0 unspecified atom stereocenters. The van der Waals surface area contributed by atoms with Crippen LogP contribution < -0.4 is 49.1 Å². The Morgan fingerprint density at radius 1 is 0.729 bits per heavy atom. The standard InChI is InChI=1S/C48H69N11O11/c1-24(2)37(56-44(67)38(25(3)4)58-47(70)48(6,7)51)43(66)55-34(21-27-14-16-29(61)17-15-27)46(69)59-20-10-13-35(59)42(65)54-33(22-28-23-52-31-12-9-8-11-30(28)31)41(64)57-39(26(5)60)45(68)53-32(40(50)63)18-19-36(49)62/h8-9,11-12,14-17,23-26,32-35,37-39,52,60-61H,10,13,18-22,51H2,1-7H3,(H2,49,62)(H2,50,63)(H,53,68)(H,54,65)(H,55,66)(H,56,67)(H,57,64)(H,58,70)/t26-,32+,33+,34+,35+,37+,38+,39+/m1/s1. The van der Waals surface area contributed by atoms with Gasteiger partial charge in [-0.25, -0.2) is 0 Å². The van der Waals surface area contributed by atoms with Gasteiger partial charge in [0.25, 0.3) is 0 Å². The van der Waals surface area contributed by atoms with Crippen LogP contribution in [-0.2, 0) is 56.0 Å². The molecule has 0 bridgehead atoms. The van der Waals surface area contributed by atoms with Crippen molar-refractivity contribution in [2.75, 3.05) is 6.54 Å². The van der Waals surface area contributed by atoms with Gasteiger partial charge in [0.2, 0.25) is 53.2 Å². The molecule has 0 spiro atoms. The largest absolute Gasteiger partial charge is 0.508 e. The number of para-hydroxylation sites is 1. The zero-order valence-electron chi connectivity index (χ0n) is 40.7. The maximum atomic E-state index is 14.8. The Labute approximate surface area is 406 Å². The van der Waals surface area contributed by atoms with Crippen molar-refractivity contribution in [2.24, 2.45) is 29.0 Å². The number of aromatic amines is 1. The van der Waals surface area contributed by atoms with Crippen LogP contribution in [0.25, 0.3) is 10.9 Å². The molecule has 0 radical (unpaired) electrons. The number of likely N-dealkylation sites (tertiary alicyclic amines) is 1. The van der Waals surface area contributed by atoms with E-state index in [1.807, 2.05) is 6.07 Å². The van der Waals surface area contributed by atoms with E-state index < -0.39 is 119 Å². The van der Waals surface area contributed by atoms with Crippen molar-refractivity contribution < 1.29 is 53.4 Å². The molecule has 0 aliphatic carbocycles. The molecule has 2 heterocycles. The number of aromatic hydroxyl groups is 1. The van der Waals surface area contributed by atoms with Crippen molar-refractivity contribution >= 4 is 64.1 Å². The van der Waals surface area contributed by atoms with E-state index in [1.165, 1.54) is 37.8 Å². The summed E-state index contributed by atoms with van der Waals surface area (Å²) in [5.41, 5.74) is 17.2. The summed E-state index contributed by atoms with van der Waals surface area (Å²) >= 11 is 0. The lowest BCUT2D eigenvalue weighted by molar-refractivity contribution is -0.143. The molecule has 1 aromatic heterocycles. The first-order chi connectivity index (χ1) is 32.8. The van der Waals surface area contributed by atoms with Gasteiger partial charge in [-0.15, -0.1) is 0 Å². The monoisotopic (exact) mass is 976 g/mol. The Hall–Kier alpha value is -7.07. The van der Waals surface area contributed by atoms with Gasteiger partial charge < -0.3 is 69.2 Å². The number of nitrogens with zero attached hydrogens (tertiary/aromatic N) is 1. The molecular weight excluding hydrogens is 907 g/mol. The molecule has 9 amide bonds. The van der Waals surface area contributed by atoms with Crippen molar-refractivity contribution in [2.45, 2.75) is 141 Å². The number of carbonyl (C=O) groups is 9. The summed E-state index contributed by atoms with van der Waals surface area (Å²) in [5, 5.41) is 37.2. The summed E-state index contributed by atoms with van der Waals surface area (Å²) in [7, 11) is 0. The molecule has 22 heteroatoms. The maximum absolute atomic E-state index is 14.8. The number of nitrogens with two attached hydrogens (primary N) is 3. The van der Waals surface area contributed by atoms with Gasteiger partial charge in [-0.1, -0.05) is 58.0 Å². The normalized spacial score (nSPS) is 16.8. The third-order valence-electron chi connectivity index (χ3n) is 12.0. The van der Waals surface area contributed by atoms with E-state index in [-0.39, 0.29) is 44.4 Å². The SMILES string of the molecule is CC(C)[C@H](NC(=O)[C@@H](NC(=O)C(C)(C)N)C(C)C)C(=O)N[C@@H](Cc1ccc(O)cc1)C(=O)N1CCC[C@H]1C(=O)N[C@@H](Cc1c[nH]c2ccccc12)C(=O)N[C@H](C(=O)N[C@@H](CCC(N)=O)C(N)=O)[C@@H](C)O. The Bertz CT molecular complexity index is 2380. The summed E-state index contributed by atoms with van der Waals surface area (Å²) in [6.45, 7) is 11.1. The van der Waals surface area contributed by atoms with Crippen LogP contribution in [0, 0.1) is 11.8 Å². The molecule has 1 aliphatic heterocycles. The molecule has 8 atom stereocenters. The van der Waals surface area contributed by atoms with E-state index in [0.29, 0.717) is 17.5 Å². The highest BCUT2D eigenvalue weighted by atomic mass is 16.3. The number of nitrogens with one attached hydrogen (secondary N) is 7. The molecule has 22 nitrogen and oxygen atoms in total. The Balaban J connectivity index is 1.63. The quantitative estimate of drug-likeness (QED) is 0.0501. The smallest absolute Gasteiger partial charge is 0.246 e. The van der Waals surface area contributed by atoms with Gasteiger partial charge in [-0.2, -0.15) is 0 Å². The summed E-state index contributed by atoms with van der Waals surface area (Å²) < 4.78 is 0. The number of fused-ring (bicyclic) bond motifs is 1. The van der Waals surface area contributed by atoms with Crippen LogP contribution in [-0.4, -0.2) is 134 Å². The highest BCUT2D eigenvalue weighted by Gasteiger charge is 2.41. The van der Waals surface area contributed by atoms with Crippen LogP contribution in [0.3, 0.4) is 0 Å². The lowest BCUT2D eigenvalue weighted by Gasteiger charge is -2.32. The first kappa shape index (κ1) is 55.5. The Kier molecular flexibility index (Phi) is 19.4. The molecular formula is C48H69N11O11. The molecule has 0 saturated carbocycles. The molecule has 382 valence electrons. The number of H-pyrrole nitrogens is 1. The van der Waals surface area contributed by atoms with E-state index in [2.05, 4.69) is 36.9 Å². The third kappa shape index (κ3) is 15.2. The minimum Gasteiger partial charge on any atom is -0.508 e. The number of hydrogen-bond donors (Lipinski definition) is 12. The van der Waals surface area contributed by atoms with Gasteiger partial charge in [0.05, 0.1) is 11.6 Å². The lowest BCUT2D eigenvalue weighted by Crippen LogP contribution is -2.62. The number of rotatable bonds is 24. The van der Waals surface area contributed by atoms with E-state index >= 15 is 0 Å². The molecule has 3 aromatic rings. The number of aromatic nitrogens is 1. The maximum Gasteiger partial charge on any atom is 0.246 e. The van der Waals surface area contributed by atoms with E-state index in [0.717, 1.165) is 10.9 Å². The van der Waals surface area contributed by atoms with Crippen molar-refractivity contribution in [1.82, 2.24) is 41.8 Å². The number of aliphatic hydroxyl groups excluding tert-OH is 1. The zero-order chi connectivity index (χ0) is 52.2. The van der Waals surface area contributed by atoms with Crippen molar-refractivity contribution in [3.05, 3.63) is 65.9 Å². The topological polar surface area (TPSA) is 363 Å². The number of amides is 9. The molecule has 2 aromatic carbocycles. The number of phenols is 1. The van der Waals surface area contributed by atoms with Gasteiger partial charge in [-0.3, -0.25) is 43.2 Å². The number of hydrogen-bond acceptors (Lipinski definition) is 12. The third-order valence-corrected chi connectivity index (χ3v) is 12.0. The average molecular weight is 976 g/mol. The fourth-order valence-electron chi connectivity index (χ4n) is 7.96. The van der Waals surface area contributed by atoms with Crippen LogP contribution in [0.15, 0.2) is 54.7 Å². The predicted octanol–water partition coefficient (Wildman–Crippen LogP) is -1.26. The van der Waals surface area contributed by atoms with Gasteiger partial charge in [0.15, 0.2) is 0 Å². The predicted molar refractivity (Wildman–Crippen MR) is 257 cm³/mol. The molecule has 70 heavy (non-hydrogen) atoms. The van der Waals surface area contributed by atoms with E-state index in [4.69, 9.17) is 17.2 Å². The van der Waals surface area contributed by atoms with Crippen molar-refractivity contribution in [3.63, 3.8) is 0 Å². The number of benzene rings is 2. The van der Waals surface area contributed by atoms with Crippen LogP contribution in [0.1, 0.15) is 85.3 Å². The number of phenolic OH excluding ortho intramolecular Hbond substituents is 1.